The molecule has 0 unspecified atom stereocenters. The molecule has 0 spiro atoms. The van der Waals surface area contributed by atoms with Gasteiger partial charge in [-0.3, -0.25) is 9.59 Å². The summed E-state index contributed by atoms with van der Waals surface area (Å²) in [6.45, 7) is 4.51. The highest BCUT2D eigenvalue weighted by atomic mass is 16.3. The number of hydrogen-bond acceptors (Lipinski definition) is 6. The van der Waals surface area contributed by atoms with E-state index < -0.39 is 0 Å². The first-order chi connectivity index (χ1) is 15.6. The first kappa shape index (κ1) is 21.6. The molecule has 1 fully saturated rings. The van der Waals surface area contributed by atoms with Gasteiger partial charge < -0.3 is 24.9 Å². The highest BCUT2D eigenvalue weighted by Crippen LogP contribution is 2.15. The van der Waals surface area contributed by atoms with Crippen molar-refractivity contribution in [3.63, 3.8) is 0 Å². The van der Waals surface area contributed by atoms with Gasteiger partial charge in [-0.05, 0) is 68.0 Å². The Morgan fingerprint density at radius 3 is 2.56 bits per heavy atom. The van der Waals surface area contributed by atoms with Crippen molar-refractivity contribution in [2.45, 2.75) is 13.0 Å². The molecule has 8 heteroatoms. The fraction of sp³-hybridized carbons (Fsp3) is 0.292. The second-order valence-corrected chi connectivity index (χ2v) is 7.86. The van der Waals surface area contributed by atoms with E-state index in [2.05, 4.69) is 32.5 Å². The fourth-order valence-electron chi connectivity index (χ4n) is 3.57. The Bertz CT molecular complexity index is 1030. The van der Waals surface area contributed by atoms with Crippen LogP contribution in [0.5, 0.6) is 0 Å². The summed E-state index contributed by atoms with van der Waals surface area (Å²) >= 11 is 0. The van der Waals surface area contributed by atoms with E-state index in [4.69, 9.17) is 4.42 Å². The Morgan fingerprint density at radius 1 is 1.00 bits per heavy atom. The predicted octanol–water partition coefficient (Wildman–Crippen LogP) is 3.00. The van der Waals surface area contributed by atoms with Gasteiger partial charge in [-0.25, -0.2) is 4.98 Å². The number of rotatable bonds is 6. The van der Waals surface area contributed by atoms with Crippen LogP contribution in [0, 0.1) is 0 Å². The van der Waals surface area contributed by atoms with Crippen LogP contribution in [0.25, 0.3) is 0 Å². The van der Waals surface area contributed by atoms with Gasteiger partial charge in [0.2, 0.25) is 0 Å². The van der Waals surface area contributed by atoms with Crippen molar-refractivity contribution in [1.29, 1.82) is 0 Å². The minimum absolute atomic E-state index is 0.187. The summed E-state index contributed by atoms with van der Waals surface area (Å²) in [4.78, 5) is 33.7. The molecule has 4 rings (SSSR count). The number of benzene rings is 1. The van der Waals surface area contributed by atoms with Crippen LogP contribution in [0.15, 0.2) is 65.4 Å². The normalized spacial score (nSPS) is 14.6. The molecule has 2 amide bonds. The van der Waals surface area contributed by atoms with E-state index in [1.807, 2.05) is 18.3 Å². The largest absolute Gasteiger partial charge is 0.459 e. The summed E-state index contributed by atoms with van der Waals surface area (Å²) < 4.78 is 5.07. The topological polar surface area (TPSA) is 90.7 Å². The maximum absolute atomic E-state index is 12.5. The van der Waals surface area contributed by atoms with Gasteiger partial charge >= 0.3 is 0 Å². The van der Waals surface area contributed by atoms with Crippen LogP contribution < -0.4 is 15.5 Å². The molecule has 2 aromatic heterocycles. The number of likely N-dealkylation sites (N-methyl/N-ethyl adjacent to an activating group) is 1. The van der Waals surface area contributed by atoms with Gasteiger partial charge in [0.25, 0.3) is 11.8 Å². The van der Waals surface area contributed by atoms with E-state index in [1.54, 1.807) is 36.4 Å². The molecule has 0 saturated carbocycles. The lowest BCUT2D eigenvalue weighted by Crippen LogP contribution is -2.29. The molecule has 8 nitrogen and oxygen atoms in total. The van der Waals surface area contributed by atoms with E-state index in [9.17, 15) is 9.59 Å². The predicted molar refractivity (Wildman–Crippen MR) is 123 cm³/mol. The number of anilines is 2. The Morgan fingerprint density at radius 2 is 1.84 bits per heavy atom. The van der Waals surface area contributed by atoms with E-state index >= 15 is 0 Å². The van der Waals surface area contributed by atoms with Crippen molar-refractivity contribution in [3.8, 4) is 0 Å². The van der Waals surface area contributed by atoms with Gasteiger partial charge in [-0.15, -0.1) is 0 Å². The van der Waals surface area contributed by atoms with Crippen LogP contribution in [0.2, 0.25) is 0 Å². The minimum atomic E-state index is -0.338. The van der Waals surface area contributed by atoms with Gasteiger partial charge in [0.1, 0.15) is 5.82 Å². The van der Waals surface area contributed by atoms with Crippen molar-refractivity contribution in [2.75, 3.05) is 43.4 Å². The molecule has 0 atom stereocenters. The summed E-state index contributed by atoms with van der Waals surface area (Å²) in [5, 5.41) is 5.64. The lowest BCUT2D eigenvalue weighted by molar-refractivity contribution is 0.0950. The number of carbonyl (C=O) groups is 2. The number of carbonyl (C=O) groups excluding carboxylic acids is 2. The van der Waals surface area contributed by atoms with Gasteiger partial charge in [0, 0.05) is 43.6 Å². The molecule has 1 saturated heterocycles. The molecular formula is C24H27N5O3. The molecule has 1 aromatic carbocycles. The zero-order valence-corrected chi connectivity index (χ0v) is 18.1. The third kappa shape index (κ3) is 5.53. The lowest BCUT2D eigenvalue weighted by atomic mass is 10.2. The second kappa shape index (κ2) is 10.1. The van der Waals surface area contributed by atoms with Crippen LogP contribution >= 0.6 is 0 Å². The number of furan rings is 1. The number of nitrogens with zero attached hydrogens (tertiary/aromatic N) is 3. The number of pyridine rings is 1. The first-order valence-corrected chi connectivity index (χ1v) is 10.7. The first-order valence-electron chi connectivity index (χ1n) is 10.7. The molecular weight excluding hydrogens is 406 g/mol. The number of aromatic nitrogens is 1. The Kier molecular flexibility index (Phi) is 6.81. The molecule has 2 N–H and O–H groups in total. The summed E-state index contributed by atoms with van der Waals surface area (Å²) in [6, 6.07) is 14.0. The third-order valence-electron chi connectivity index (χ3n) is 5.46. The van der Waals surface area contributed by atoms with E-state index in [-0.39, 0.29) is 17.6 Å². The summed E-state index contributed by atoms with van der Waals surface area (Å²) in [5.74, 6) is 0.682. The Hall–Kier alpha value is -3.65. The lowest BCUT2D eigenvalue weighted by Gasteiger charge is -2.21. The summed E-state index contributed by atoms with van der Waals surface area (Å²) in [7, 11) is 2.15. The highest BCUT2D eigenvalue weighted by Gasteiger charge is 2.14. The van der Waals surface area contributed by atoms with Crippen LogP contribution in [0.1, 0.15) is 32.9 Å². The SMILES string of the molecule is CN1CCCN(c2ccc(CNC(=O)c3ccc(NC(=O)c4ccco4)cc3)cn2)CC1. The molecule has 32 heavy (non-hydrogen) atoms. The molecule has 3 heterocycles. The third-order valence-corrected chi connectivity index (χ3v) is 5.46. The monoisotopic (exact) mass is 433 g/mol. The van der Waals surface area contributed by atoms with Crippen molar-refractivity contribution < 1.29 is 14.0 Å². The van der Waals surface area contributed by atoms with Crippen LogP contribution in [0.4, 0.5) is 11.5 Å². The Balaban J connectivity index is 1.28. The minimum Gasteiger partial charge on any atom is -0.459 e. The fourth-order valence-corrected chi connectivity index (χ4v) is 3.57. The Labute approximate surface area is 187 Å². The molecule has 1 aliphatic heterocycles. The summed E-state index contributed by atoms with van der Waals surface area (Å²) in [6.07, 6.45) is 4.39. The number of hydrogen-bond donors (Lipinski definition) is 2. The van der Waals surface area contributed by atoms with Crippen molar-refractivity contribution in [2.24, 2.45) is 0 Å². The molecule has 1 aliphatic rings. The quantitative estimate of drug-likeness (QED) is 0.621. The average molecular weight is 434 g/mol. The molecule has 3 aromatic rings. The van der Waals surface area contributed by atoms with Gasteiger partial charge in [0.05, 0.1) is 6.26 Å². The van der Waals surface area contributed by atoms with Crippen LogP contribution in [-0.2, 0) is 6.54 Å². The highest BCUT2D eigenvalue weighted by molar-refractivity contribution is 6.02. The van der Waals surface area contributed by atoms with Crippen molar-refractivity contribution in [1.82, 2.24) is 15.2 Å². The summed E-state index contributed by atoms with van der Waals surface area (Å²) in [5.41, 5.74) is 2.04. The number of amides is 2. The zero-order valence-electron chi connectivity index (χ0n) is 18.1. The molecule has 166 valence electrons. The van der Waals surface area contributed by atoms with Crippen molar-refractivity contribution in [3.05, 3.63) is 77.9 Å². The maximum Gasteiger partial charge on any atom is 0.291 e. The molecule has 0 bridgehead atoms. The van der Waals surface area contributed by atoms with Crippen LogP contribution in [-0.4, -0.2) is 54.9 Å². The number of nitrogens with one attached hydrogen (secondary N) is 2. The van der Waals surface area contributed by atoms with Crippen molar-refractivity contribution >= 4 is 23.3 Å². The smallest absolute Gasteiger partial charge is 0.291 e. The van der Waals surface area contributed by atoms with E-state index in [0.717, 1.165) is 44.0 Å². The zero-order chi connectivity index (χ0) is 22.3. The standard InChI is InChI=1S/C24H27N5O3/c1-28-11-3-12-29(14-13-28)22-10-5-18(16-25-22)17-26-23(30)19-6-8-20(9-7-19)27-24(31)21-4-2-15-32-21/h2,4-10,15-16H,3,11-14,17H2,1H3,(H,26,30)(H,27,31). The van der Waals surface area contributed by atoms with Crippen LogP contribution in [0.3, 0.4) is 0 Å². The van der Waals surface area contributed by atoms with Gasteiger partial charge in [-0.2, -0.15) is 0 Å². The van der Waals surface area contributed by atoms with Gasteiger partial charge in [0.15, 0.2) is 5.76 Å². The van der Waals surface area contributed by atoms with E-state index in [0.29, 0.717) is 17.8 Å². The van der Waals surface area contributed by atoms with Gasteiger partial charge in [-0.1, -0.05) is 6.07 Å². The molecule has 0 aliphatic carbocycles. The second-order valence-electron chi connectivity index (χ2n) is 7.86. The maximum atomic E-state index is 12.5. The average Bonchev–Trinajstić information content (AvgIpc) is 3.27. The molecule has 0 radical (unpaired) electrons. The van der Waals surface area contributed by atoms with E-state index in [1.165, 1.54) is 6.26 Å².